The summed E-state index contributed by atoms with van der Waals surface area (Å²) in [6, 6.07) is 0. The molecular weight excluding hydrogens is 254 g/mol. The minimum Gasteiger partial charge on any atom is -0.481 e. The average Bonchev–Trinajstić information content (AvgIpc) is 2.46. The van der Waals surface area contributed by atoms with Gasteiger partial charge < -0.3 is 10.0 Å². The van der Waals surface area contributed by atoms with Gasteiger partial charge in [-0.25, -0.2) is 0 Å². The number of carbonyl (C=O) groups excluding carboxylic acids is 1. The molecule has 0 bridgehead atoms. The van der Waals surface area contributed by atoms with E-state index in [-0.39, 0.29) is 11.8 Å². The van der Waals surface area contributed by atoms with E-state index in [0.29, 0.717) is 12.8 Å². The molecule has 1 amide bonds. The number of aliphatic carboxylic acids is 1. The molecule has 0 aromatic heterocycles. The van der Waals surface area contributed by atoms with Crippen LogP contribution < -0.4 is 0 Å². The third-order valence-corrected chi connectivity index (χ3v) is 3.94. The lowest BCUT2D eigenvalue weighted by Crippen LogP contribution is -2.42. The molecule has 4 heteroatoms. The maximum Gasteiger partial charge on any atom is 0.307 e. The number of nitrogens with zero attached hydrogens (tertiary/aromatic N) is 1. The molecule has 4 nitrogen and oxygen atoms in total. The van der Waals surface area contributed by atoms with Crippen LogP contribution in [0.5, 0.6) is 0 Å². The molecule has 0 aliphatic heterocycles. The van der Waals surface area contributed by atoms with Gasteiger partial charge >= 0.3 is 5.97 Å². The SMILES string of the molecule is CCCCN(CCCC)C(=O)[C@H]1CC=CC[C@H]1C(=O)O. The van der Waals surface area contributed by atoms with E-state index in [4.69, 9.17) is 0 Å². The Hall–Kier alpha value is -1.32. The highest BCUT2D eigenvalue weighted by molar-refractivity contribution is 5.85. The summed E-state index contributed by atoms with van der Waals surface area (Å²) >= 11 is 0. The molecule has 1 aliphatic carbocycles. The molecule has 0 heterocycles. The molecule has 20 heavy (non-hydrogen) atoms. The third kappa shape index (κ3) is 4.66. The number of unbranched alkanes of at least 4 members (excludes halogenated alkanes) is 2. The van der Waals surface area contributed by atoms with Crippen molar-refractivity contribution in [2.45, 2.75) is 52.4 Å². The van der Waals surface area contributed by atoms with E-state index in [1.54, 1.807) is 0 Å². The van der Waals surface area contributed by atoms with Crippen LogP contribution in [0.4, 0.5) is 0 Å². The van der Waals surface area contributed by atoms with Crippen LogP contribution in [-0.2, 0) is 9.59 Å². The Bertz CT molecular complexity index is 344. The average molecular weight is 281 g/mol. The summed E-state index contributed by atoms with van der Waals surface area (Å²) in [6.07, 6.45) is 8.91. The summed E-state index contributed by atoms with van der Waals surface area (Å²) < 4.78 is 0. The first kappa shape index (κ1) is 16.7. The van der Waals surface area contributed by atoms with Crippen molar-refractivity contribution in [2.75, 3.05) is 13.1 Å². The molecule has 114 valence electrons. The highest BCUT2D eigenvalue weighted by Gasteiger charge is 2.35. The summed E-state index contributed by atoms with van der Waals surface area (Å²) in [5.74, 6) is -1.76. The van der Waals surface area contributed by atoms with Crippen LogP contribution in [0.25, 0.3) is 0 Å². The number of hydrogen-bond acceptors (Lipinski definition) is 2. The fourth-order valence-corrected chi connectivity index (χ4v) is 2.62. The Morgan fingerprint density at radius 1 is 1.05 bits per heavy atom. The molecule has 0 aromatic carbocycles. The Morgan fingerprint density at radius 3 is 2.00 bits per heavy atom. The zero-order valence-electron chi connectivity index (χ0n) is 12.7. The van der Waals surface area contributed by atoms with E-state index in [9.17, 15) is 14.7 Å². The fraction of sp³-hybridized carbons (Fsp3) is 0.750. The van der Waals surface area contributed by atoms with Gasteiger partial charge in [0.1, 0.15) is 0 Å². The minimum atomic E-state index is -0.848. The first-order valence-corrected chi connectivity index (χ1v) is 7.78. The second-order valence-electron chi connectivity index (χ2n) is 5.53. The van der Waals surface area contributed by atoms with E-state index in [1.165, 1.54) is 0 Å². The van der Waals surface area contributed by atoms with Crippen molar-refractivity contribution < 1.29 is 14.7 Å². The van der Waals surface area contributed by atoms with E-state index in [0.717, 1.165) is 38.8 Å². The molecule has 0 fully saturated rings. The van der Waals surface area contributed by atoms with E-state index >= 15 is 0 Å². The second-order valence-corrected chi connectivity index (χ2v) is 5.53. The number of carbonyl (C=O) groups is 2. The zero-order valence-corrected chi connectivity index (χ0v) is 12.7. The fourth-order valence-electron chi connectivity index (χ4n) is 2.62. The maximum absolute atomic E-state index is 12.7. The predicted molar refractivity (Wildman–Crippen MR) is 79.4 cm³/mol. The van der Waals surface area contributed by atoms with Gasteiger partial charge in [0, 0.05) is 13.1 Å². The van der Waals surface area contributed by atoms with Gasteiger partial charge in [0.15, 0.2) is 0 Å². The largest absolute Gasteiger partial charge is 0.481 e. The first-order chi connectivity index (χ1) is 9.61. The summed E-state index contributed by atoms with van der Waals surface area (Å²) in [5.41, 5.74) is 0. The van der Waals surface area contributed by atoms with Crippen molar-refractivity contribution in [2.24, 2.45) is 11.8 Å². The first-order valence-electron chi connectivity index (χ1n) is 7.78. The van der Waals surface area contributed by atoms with Crippen molar-refractivity contribution >= 4 is 11.9 Å². The second kappa shape index (κ2) is 8.77. The van der Waals surface area contributed by atoms with E-state index in [2.05, 4.69) is 13.8 Å². The third-order valence-electron chi connectivity index (χ3n) is 3.94. The molecule has 1 rings (SSSR count). The van der Waals surface area contributed by atoms with Gasteiger partial charge in [-0.15, -0.1) is 0 Å². The van der Waals surface area contributed by atoms with Crippen LogP contribution >= 0.6 is 0 Å². The molecule has 1 aliphatic rings. The lowest BCUT2D eigenvalue weighted by Gasteiger charge is -2.31. The number of carboxylic acid groups (broad SMARTS) is 1. The monoisotopic (exact) mass is 281 g/mol. The van der Waals surface area contributed by atoms with Gasteiger partial charge in [0.05, 0.1) is 11.8 Å². The highest BCUT2D eigenvalue weighted by Crippen LogP contribution is 2.28. The Labute approximate surface area is 121 Å². The van der Waals surface area contributed by atoms with Crippen LogP contribution in [0, 0.1) is 11.8 Å². The molecule has 0 aromatic rings. The minimum absolute atomic E-state index is 0.0312. The molecule has 2 atom stereocenters. The number of allylic oxidation sites excluding steroid dienone is 2. The van der Waals surface area contributed by atoms with Gasteiger partial charge in [-0.2, -0.15) is 0 Å². The molecular formula is C16H27NO3. The van der Waals surface area contributed by atoms with Gasteiger partial charge in [-0.05, 0) is 25.7 Å². The lowest BCUT2D eigenvalue weighted by molar-refractivity contribution is -0.150. The van der Waals surface area contributed by atoms with Crippen molar-refractivity contribution in [3.8, 4) is 0 Å². The van der Waals surface area contributed by atoms with Gasteiger partial charge in [-0.1, -0.05) is 38.8 Å². The number of amides is 1. The Balaban J connectivity index is 2.74. The number of carboxylic acids is 1. The van der Waals surface area contributed by atoms with E-state index < -0.39 is 11.9 Å². The van der Waals surface area contributed by atoms with Crippen LogP contribution in [0.3, 0.4) is 0 Å². The van der Waals surface area contributed by atoms with Gasteiger partial charge in [0.2, 0.25) is 5.91 Å². The van der Waals surface area contributed by atoms with Crippen molar-refractivity contribution in [3.63, 3.8) is 0 Å². The Kier molecular flexibility index (Phi) is 7.34. The Morgan fingerprint density at radius 2 is 1.55 bits per heavy atom. The van der Waals surface area contributed by atoms with Gasteiger partial charge in [-0.3, -0.25) is 9.59 Å². The topological polar surface area (TPSA) is 57.6 Å². The molecule has 0 unspecified atom stereocenters. The zero-order chi connectivity index (χ0) is 15.0. The standard InChI is InChI=1S/C16H27NO3/c1-3-5-11-17(12-6-4-2)15(18)13-9-7-8-10-14(13)16(19)20/h7-8,13-14H,3-6,9-12H2,1-2H3,(H,19,20)/t13-,14+/m0/s1. The number of rotatable bonds is 8. The highest BCUT2D eigenvalue weighted by atomic mass is 16.4. The molecule has 0 saturated heterocycles. The smallest absolute Gasteiger partial charge is 0.307 e. The van der Waals surface area contributed by atoms with Crippen LogP contribution in [0.2, 0.25) is 0 Å². The van der Waals surface area contributed by atoms with Crippen LogP contribution in [0.1, 0.15) is 52.4 Å². The van der Waals surface area contributed by atoms with Crippen LogP contribution in [0.15, 0.2) is 12.2 Å². The van der Waals surface area contributed by atoms with Crippen molar-refractivity contribution in [3.05, 3.63) is 12.2 Å². The quantitative estimate of drug-likeness (QED) is 0.696. The summed E-state index contributed by atoms with van der Waals surface area (Å²) in [5, 5.41) is 9.29. The summed E-state index contributed by atoms with van der Waals surface area (Å²) in [6.45, 7) is 5.71. The van der Waals surface area contributed by atoms with Crippen molar-refractivity contribution in [1.82, 2.24) is 4.90 Å². The lowest BCUT2D eigenvalue weighted by atomic mass is 9.82. The predicted octanol–water partition coefficient (Wildman–Crippen LogP) is 3.08. The van der Waals surface area contributed by atoms with Crippen LogP contribution in [-0.4, -0.2) is 35.0 Å². The maximum atomic E-state index is 12.7. The molecule has 0 spiro atoms. The molecule has 0 saturated carbocycles. The van der Waals surface area contributed by atoms with E-state index in [1.807, 2.05) is 17.1 Å². The normalized spacial score (nSPS) is 21.7. The number of hydrogen-bond donors (Lipinski definition) is 1. The van der Waals surface area contributed by atoms with Crippen molar-refractivity contribution in [1.29, 1.82) is 0 Å². The van der Waals surface area contributed by atoms with Gasteiger partial charge in [0.25, 0.3) is 0 Å². The molecule has 0 radical (unpaired) electrons. The summed E-state index contributed by atoms with van der Waals surface area (Å²) in [7, 11) is 0. The molecule has 1 N–H and O–H groups in total. The summed E-state index contributed by atoms with van der Waals surface area (Å²) in [4.78, 5) is 25.9.